The van der Waals surface area contributed by atoms with E-state index in [2.05, 4.69) is 10.3 Å². The number of methoxy groups -OCH3 is 1. The molecule has 1 aromatic heterocycles. The molecule has 22 heavy (non-hydrogen) atoms. The van der Waals surface area contributed by atoms with Gasteiger partial charge in [0, 0.05) is 5.69 Å². The number of rotatable bonds is 3. The molecule has 0 spiro atoms. The third kappa shape index (κ3) is 3.22. The van der Waals surface area contributed by atoms with Gasteiger partial charge in [0.15, 0.2) is 0 Å². The highest BCUT2D eigenvalue weighted by atomic mass is 35.5. The maximum atomic E-state index is 12.6. The number of carbonyl (C=O) groups excluding carboxylic acids is 1. The number of pyridine rings is 1. The molecule has 5 heteroatoms. The van der Waals surface area contributed by atoms with Crippen LogP contribution in [0.4, 0.5) is 5.69 Å². The maximum Gasteiger partial charge on any atom is 0.261 e. The Balaban J connectivity index is 2.43. The Morgan fingerprint density at radius 3 is 2.23 bits per heavy atom. The van der Waals surface area contributed by atoms with Crippen molar-refractivity contribution in [2.24, 2.45) is 0 Å². The Labute approximate surface area is 135 Å². The zero-order valence-corrected chi connectivity index (χ0v) is 14.1. The first kappa shape index (κ1) is 16.3. The van der Waals surface area contributed by atoms with E-state index < -0.39 is 0 Å². The fourth-order valence-corrected chi connectivity index (χ4v) is 2.82. The number of nitrogens with one attached hydrogen (secondary N) is 1. The largest absolute Gasteiger partial charge is 0.480 e. The van der Waals surface area contributed by atoms with E-state index in [-0.39, 0.29) is 11.8 Å². The monoisotopic (exact) mass is 318 g/mol. The van der Waals surface area contributed by atoms with Crippen LogP contribution in [-0.4, -0.2) is 18.0 Å². The van der Waals surface area contributed by atoms with E-state index in [1.807, 2.05) is 32.9 Å². The van der Waals surface area contributed by atoms with Crippen LogP contribution in [0, 0.1) is 27.7 Å². The van der Waals surface area contributed by atoms with Crippen molar-refractivity contribution in [2.45, 2.75) is 27.7 Å². The van der Waals surface area contributed by atoms with Crippen molar-refractivity contribution in [2.75, 3.05) is 12.4 Å². The Morgan fingerprint density at radius 2 is 1.68 bits per heavy atom. The second kappa shape index (κ2) is 6.36. The van der Waals surface area contributed by atoms with Crippen molar-refractivity contribution >= 4 is 23.2 Å². The predicted octanol–water partition coefficient (Wildman–Crippen LogP) is 4.23. The van der Waals surface area contributed by atoms with Gasteiger partial charge in [-0.15, -0.1) is 0 Å². The third-order valence-electron chi connectivity index (χ3n) is 3.49. The molecule has 0 saturated heterocycles. The van der Waals surface area contributed by atoms with Gasteiger partial charge in [-0.05, 0) is 50.5 Å². The van der Waals surface area contributed by atoms with Gasteiger partial charge >= 0.3 is 0 Å². The molecule has 0 saturated carbocycles. The highest BCUT2D eigenvalue weighted by molar-refractivity contribution is 6.29. The summed E-state index contributed by atoms with van der Waals surface area (Å²) in [4.78, 5) is 16.7. The molecule has 4 nitrogen and oxygen atoms in total. The molecule has 0 bridgehead atoms. The molecular formula is C17H19ClN2O2. The first-order valence-corrected chi connectivity index (χ1v) is 7.31. The number of ether oxygens (including phenoxy) is 1. The number of benzene rings is 1. The lowest BCUT2D eigenvalue weighted by atomic mass is 10.0. The van der Waals surface area contributed by atoms with E-state index in [1.54, 1.807) is 13.0 Å². The lowest BCUT2D eigenvalue weighted by molar-refractivity contribution is 0.102. The van der Waals surface area contributed by atoms with Gasteiger partial charge < -0.3 is 10.1 Å². The molecule has 1 amide bonds. The van der Waals surface area contributed by atoms with E-state index in [9.17, 15) is 4.79 Å². The van der Waals surface area contributed by atoms with Crippen molar-refractivity contribution in [1.82, 2.24) is 4.98 Å². The molecule has 1 aromatic carbocycles. The zero-order valence-electron chi connectivity index (χ0n) is 13.4. The number of amides is 1. The molecule has 0 radical (unpaired) electrons. The van der Waals surface area contributed by atoms with E-state index in [4.69, 9.17) is 16.3 Å². The summed E-state index contributed by atoms with van der Waals surface area (Å²) in [6, 6.07) is 5.72. The molecule has 2 rings (SSSR count). The minimum atomic E-state index is -0.256. The molecule has 0 unspecified atom stereocenters. The molecule has 1 N–H and O–H groups in total. The summed E-state index contributed by atoms with van der Waals surface area (Å²) >= 11 is 5.91. The van der Waals surface area contributed by atoms with Crippen LogP contribution in [0.2, 0.25) is 5.15 Å². The van der Waals surface area contributed by atoms with Crippen molar-refractivity contribution in [3.63, 3.8) is 0 Å². The fraction of sp³-hybridized carbons (Fsp3) is 0.294. The van der Waals surface area contributed by atoms with Crippen LogP contribution >= 0.6 is 11.6 Å². The van der Waals surface area contributed by atoms with Gasteiger partial charge in [-0.1, -0.05) is 29.3 Å². The van der Waals surface area contributed by atoms with Crippen LogP contribution in [0.15, 0.2) is 18.2 Å². The topological polar surface area (TPSA) is 51.2 Å². The maximum absolute atomic E-state index is 12.6. The molecule has 2 aromatic rings. The van der Waals surface area contributed by atoms with Gasteiger partial charge in [-0.2, -0.15) is 0 Å². The van der Waals surface area contributed by atoms with Gasteiger partial charge in [0.05, 0.1) is 7.11 Å². The quantitative estimate of drug-likeness (QED) is 0.862. The average Bonchev–Trinajstić information content (AvgIpc) is 2.41. The summed E-state index contributed by atoms with van der Waals surface area (Å²) in [7, 11) is 1.47. The van der Waals surface area contributed by atoms with Gasteiger partial charge in [-0.25, -0.2) is 4.98 Å². The Bertz CT molecular complexity index is 719. The van der Waals surface area contributed by atoms with Crippen LogP contribution in [-0.2, 0) is 0 Å². The zero-order chi connectivity index (χ0) is 16.4. The average molecular weight is 319 g/mol. The standard InChI is InChI=1S/C17H19ClN2O2/c1-9-6-11(3)15(12(4)7-9)20-16(21)14-10(2)8-13(18)19-17(14)22-5/h6-8H,1-5H3,(H,20,21). The fourth-order valence-electron chi connectivity index (χ4n) is 2.58. The highest BCUT2D eigenvalue weighted by Crippen LogP contribution is 2.27. The number of aryl methyl sites for hydroxylation is 4. The van der Waals surface area contributed by atoms with Crippen LogP contribution in [0.5, 0.6) is 5.88 Å². The van der Waals surface area contributed by atoms with Gasteiger partial charge in [0.2, 0.25) is 5.88 Å². The summed E-state index contributed by atoms with van der Waals surface area (Å²) < 4.78 is 5.19. The van der Waals surface area contributed by atoms with Crippen molar-refractivity contribution < 1.29 is 9.53 Å². The molecule has 0 fully saturated rings. The Morgan fingerprint density at radius 1 is 1.09 bits per heavy atom. The molecule has 0 atom stereocenters. The minimum absolute atomic E-state index is 0.227. The van der Waals surface area contributed by atoms with Gasteiger partial charge in [-0.3, -0.25) is 4.79 Å². The molecule has 116 valence electrons. The normalized spacial score (nSPS) is 10.5. The van der Waals surface area contributed by atoms with Crippen LogP contribution in [0.25, 0.3) is 0 Å². The van der Waals surface area contributed by atoms with E-state index in [1.165, 1.54) is 7.11 Å². The molecular weight excluding hydrogens is 300 g/mol. The van der Waals surface area contributed by atoms with Gasteiger partial charge in [0.1, 0.15) is 10.7 Å². The summed E-state index contributed by atoms with van der Waals surface area (Å²) in [6.45, 7) is 7.78. The number of hydrogen-bond acceptors (Lipinski definition) is 3. The van der Waals surface area contributed by atoms with E-state index in [0.29, 0.717) is 10.7 Å². The molecule has 1 heterocycles. The van der Waals surface area contributed by atoms with Crippen LogP contribution in [0.1, 0.15) is 32.6 Å². The number of carbonyl (C=O) groups is 1. The summed E-state index contributed by atoms with van der Waals surface area (Å²) in [5.74, 6) is -0.0292. The predicted molar refractivity (Wildman–Crippen MR) is 89.1 cm³/mol. The summed E-state index contributed by atoms with van der Waals surface area (Å²) in [6.07, 6.45) is 0. The Hall–Kier alpha value is -2.07. The lowest BCUT2D eigenvalue weighted by Crippen LogP contribution is -2.17. The number of nitrogens with zero attached hydrogens (tertiary/aromatic N) is 1. The summed E-state index contributed by atoms with van der Waals surface area (Å²) in [5, 5.41) is 3.25. The number of hydrogen-bond donors (Lipinski definition) is 1. The lowest BCUT2D eigenvalue weighted by Gasteiger charge is -2.15. The molecule has 0 aliphatic rings. The molecule has 0 aliphatic carbocycles. The minimum Gasteiger partial charge on any atom is -0.480 e. The number of halogens is 1. The molecule has 0 aliphatic heterocycles. The van der Waals surface area contributed by atoms with Crippen LogP contribution in [0.3, 0.4) is 0 Å². The number of anilines is 1. The summed E-state index contributed by atoms with van der Waals surface area (Å²) in [5.41, 5.74) is 5.12. The highest BCUT2D eigenvalue weighted by Gasteiger charge is 2.19. The van der Waals surface area contributed by atoms with Crippen molar-refractivity contribution in [3.8, 4) is 5.88 Å². The van der Waals surface area contributed by atoms with Gasteiger partial charge in [0.25, 0.3) is 5.91 Å². The van der Waals surface area contributed by atoms with E-state index in [0.717, 1.165) is 27.9 Å². The second-order valence-corrected chi connectivity index (χ2v) is 5.76. The van der Waals surface area contributed by atoms with Crippen molar-refractivity contribution in [3.05, 3.63) is 51.2 Å². The SMILES string of the molecule is COc1nc(Cl)cc(C)c1C(=O)Nc1c(C)cc(C)cc1C. The van der Waals surface area contributed by atoms with E-state index >= 15 is 0 Å². The smallest absolute Gasteiger partial charge is 0.261 e. The third-order valence-corrected chi connectivity index (χ3v) is 3.68. The van der Waals surface area contributed by atoms with Crippen molar-refractivity contribution in [1.29, 1.82) is 0 Å². The number of aromatic nitrogens is 1. The first-order valence-electron chi connectivity index (χ1n) is 6.93. The Kier molecular flexibility index (Phi) is 4.71. The van der Waals surface area contributed by atoms with Crippen LogP contribution < -0.4 is 10.1 Å². The second-order valence-electron chi connectivity index (χ2n) is 5.37. The first-order chi connectivity index (χ1) is 10.3.